The molecule has 3 saturated carbocycles. The smallest absolute Gasteiger partial charge is 0.303 e. The summed E-state index contributed by atoms with van der Waals surface area (Å²) < 4.78 is 0. The third-order valence-corrected chi connectivity index (χ3v) is 3.26. The molecule has 62 valence electrons. The van der Waals surface area contributed by atoms with Crippen LogP contribution in [0.1, 0.15) is 38.5 Å². The SMILES string of the molecule is O=C(O)CCCC12CC(C1)C2. The van der Waals surface area contributed by atoms with Gasteiger partial charge in [0.05, 0.1) is 0 Å². The molecule has 0 aromatic carbocycles. The third-order valence-electron chi connectivity index (χ3n) is 3.26. The van der Waals surface area contributed by atoms with Crippen LogP contribution < -0.4 is 0 Å². The second-order valence-corrected chi connectivity index (χ2v) is 4.23. The lowest BCUT2D eigenvalue weighted by molar-refractivity contribution is -0.139. The van der Waals surface area contributed by atoms with Crippen molar-refractivity contribution in [2.75, 3.05) is 0 Å². The summed E-state index contributed by atoms with van der Waals surface area (Å²) in [6.45, 7) is 0. The van der Waals surface area contributed by atoms with Crippen LogP contribution in [0.3, 0.4) is 0 Å². The van der Waals surface area contributed by atoms with Gasteiger partial charge in [0.15, 0.2) is 0 Å². The Morgan fingerprint density at radius 2 is 2.09 bits per heavy atom. The molecule has 3 fully saturated rings. The lowest BCUT2D eigenvalue weighted by Gasteiger charge is -2.62. The molecule has 2 bridgehead atoms. The molecule has 1 N–H and O–H groups in total. The van der Waals surface area contributed by atoms with Crippen molar-refractivity contribution < 1.29 is 9.90 Å². The minimum Gasteiger partial charge on any atom is -0.481 e. The maximum atomic E-state index is 10.2. The number of aliphatic carboxylic acids is 1. The molecule has 0 atom stereocenters. The first-order valence-electron chi connectivity index (χ1n) is 4.42. The predicted octanol–water partition coefficient (Wildman–Crippen LogP) is 2.04. The van der Waals surface area contributed by atoms with Gasteiger partial charge >= 0.3 is 5.97 Å². The Kier molecular flexibility index (Phi) is 1.44. The molecular formula is C9H14O2. The molecule has 0 radical (unpaired) electrons. The highest BCUT2D eigenvalue weighted by Crippen LogP contribution is 2.66. The van der Waals surface area contributed by atoms with Crippen LogP contribution in [0.2, 0.25) is 0 Å². The van der Waals surface area contributed by atoms with E-state index in [2.05, 4.69) is 0 Å². The van der Waals surface area contributed by atoms with E-state index in [1.807, 2.05) is 0 Å². The second kappa shape index (κ2) is 2.23. The first kappa shape index (κ1) is 7.14. The van der Waals surface area contributed by atoms with Crippen LogP contribution in [0.15, 0.2) is 0 Å². The highest BCUT2D eigenvalue weighted by molar-refractivity contribution is 5.66. The van der Waals surface area contributed by atoms with Gasteiger partial charge in [-0.05, 0) is 43.4 Å². The summed E-state index contributed by atoms with van der Waals surface area (Å²) in [5, 5.41) is 8.41. The maximum absolute atomic E-state index is 10.2. The van der Waals surface area contributed by atoms with Crippen molar-refractivity contribution in [3.05, 3.63) is 0 Å². The number of carboxylic acids is 1. The van der Waals surface area contributed by atoms with Gasteiger partial charge in [-0.2, -0.15) is 0 Å². The molecule has 0 aromatic rings. The van der Waals surface area contributed by atoms with Gasteiger partial charge in [-0.15, -0.1) is 0 Å². The quantitative estimate of drug-likeness (QED) is 0.672. The first-order chi connectivity index (χ1) is 5.20. The van der Waals surface area contributed by atoms with Crippen LogP contribution >= 0.6 is 0 Å². The molecule has 3 aliphatic carbocycles. The Bertz CT molecular complexity index is 169. The normalized spacial score (nSPS) is 39.1. The summed E-state index contributed by atoms with van der Waals surface area (Å²) >= 11 is 0. The zero-order chi connectivity index (χ0) is 7.90. The van der Waals surface area contributed by atoms with Crippen molar-refractivity contribution in [3.8, 4) is 0 Å². The molecule has 2 heteroatoms. The Morgan fingerprint density at radius 1 is 1.45 bits per heavy atom. The van der Waals surface area contributed by atoms with Crippen LogP contribution in [0, 0.1) is 11.3 Å². The standard InChI is InChI=1S/C9H14O2/c10-8(11)2-1-3-9-4-7(5-9)6-9/h7H,1-6H2,(H,10,11). The van der Waals surface area contributed by atoms with E-state index in [0.717, 1.165) is 18.8 Å². The van der Waals surface area contributed by atoms with Gasteiger partial charge in [-0.3, -0.25) is 4.79 Å². The van der Waals surface area contributed by atoms with Crippen molar-refractivity contribution >= 4 is 5.97 Å². The van der Waals surface area contributed by atoms with Crippen LogP contribution in [-0.4, -0.2) is 11.1 Å². The average Bonchev–Trinajstić information content (AvgIpc) is 1.71. The number of hydrogen-bond donors (Lipinski definition) is 1. The molecule has 2 nitrogen and oxygen atoms in total. The number of hydrogen-bond acceptors (Lipinski definition) is 1. The van der Waals surface area contributed by atoms with Crippen LogP contribution in [0.5, 0.6) is 0 Å². The minimum absolute atomic E-state index is 0.367. The van der Waals surface area contributed by atoms with E-state index in [4.69, 9.17) is 5.11 Å². The van der Waals surface area contributed by atoms with E-state index in [1.54, 1.807) is 0 Å². The Balaban J connectivity index is 1.63. The summed E-state index contributed by atoms with van der Waals surface area (Å²) in [6.07, 6.45) is 6.61. The van der Waals surface area contributed by atoms with Gasteiger partial charge in [0, 0.05) is 6.42 Å². The van der Waals surface area contributed by atoms with Gasteiger partial charge in [-0.1, -0.05) is 0 Å². The number of carbonyl (C=O) groups is 1. The van der Waals surface area contributed by atoms with E-state index in [9.17, 15) is 4.79 Å². The van der Waals surface area contributed by atoms with E-state index < -0.39 is 5.97 Å². The van der Waals surface area contributed by atoms with Crippen LogP contribution in [0.25, 0.3) is 0 Å². The second-order valence-electron chi connectivity index (χ2n) is 4.23. The van der Waals surface area contributed by atoms with Crippen molar-refractivity contribution in [2.45, 2.75) is 38.5 Å². The third kappa shape index (κ3) is 1.15. The first-order valence-corrected chi connectivity index (χ1v) is 4.42. The molecular weight excluding hydrogens is 140 g/mol. The van der Waals surface area contributed by atoms with Crippen LogP contribution in [-0.2, 0) is 4.79 Å². The zero-order valence-electron chi connectivity index (χ0n) is 6.68. The number of carboxylic acid groups (broad SMARTS) is 1. The van der Waals surface area contributed by atoms with E-state index in [1.165, 1.54) is 19.3 Å². The highest BCUT2D eigenvalue weighted by Gasteiger charge is 2.55. The molecule has 3 rings (SSSR count). The van der Waals surface area contributed by atoms with Gasteiger partial charge in [0.2, 0.25) is 0 Å². The van der Waals surface area contributed by atoms with Gasteiger partial charge in [0.1, 0.15) is 0 Å². The molecule has 0 unspecified atom stereocenters. The summed E-state index contributed by atoms with van der Waals surface area (Å²) in [4.78, 5) is 10.2. The van der Waals surface area contributed by atoms with Gasteiger partial charge < -0.3 is 5.11 Å². The fraction of sp³-hybridized carbons (Fsp3) is 0.889. The molecule has 11 heavy (non-hydrogen) atoms. The van der Waals surface area contributed by atoms with Crippen LogP contribution in [0.4, 0.5) is 0 Å². The minimum atomic E-state index is -0.642. The monoisotopic (exact) mass is 154 g/mol. The Labute approximate surface area is 66.6 Å². The fourth-order valence-corrected chi connectivity index (χ4v) is 2.58. The molecule has 0 heterocycles. The molecule has 0 saturated heterocycles. The van der Waals surface area contributed by atoms with Crippen molar-refractivity contribution in [1.29, 1.82) is 0 Å². The van der Waals surface area contributed by atoms with E-state index in [0.29, 0.717) is 11.8 Å². The number of rotatable bonds is 4. The van der Waals surface area contributed by atoms with Crippen molar-refractivity contribution in [2.24, 2.45) is 11.3 Å². The Morgan fingerprint density at radius 3 is 2.45 bits per heavy atom. The van der Waals surface area contributed by atoms with E-state index in [-0.39, 0.29) is 0 Å². The topological polar surface area (TPSA) is 37.3 Å². The summed E-state index contributed by atoms with van der Waals surface area (Å²) in [5.74, 6) is 0.386. The molecule has 0 aliphatic heterocycles. The Hall–Kier alpha value is -0.530. The lowest BCUT2D eigenvalue weighted by atomic mass is 9.43. The summed E-state index contributed by atoms with van der Waals surface area (Å²) in [7, 11) is 0. The molecule has 0 amide bonds. The zero-order valence-corrected chi connectivity index (χ0v) is 6.68. The molecule has 3 aliphatic rings. The van der Waals surface area contributed by atoms with Crippen molar-refractivity contribution in [3.63, 3.8) is 0 Å². The predicted molar refractivity (Wildman–Crippen MR) is 41.3 cm³/mol. The largest absolute Gasteiger partial charge is 0.481 e. The molecule has 0 spiro atoms. The summed E-state index contributed by atoms with van der Waals surface area (Å²) in [6, 6.07) is 0. The lowest BCUT2D eigenvalue weighted by Crippen LogP contribution is -2.51. The molecule has 0 aromatic heterocycles. The highest BCUT2D eigenvalue weighted by atomic mass is 16.4. The van der Waals surface area contributed by atoms with Gasteiger partial charge in [-0.25, -0.2) is 0 Å². The summed E-state index contributed by atoms with van der Waals surface area (Å²) in [5.41, 5.74) is 0.639. The van der Waals surface area contributed by atoms with Crippen molar-refractivity contribution in [1.82, 2.24) is 0 Å². The van der Waals surface area contributed by atoms with Gasteiger partial charge in [0.25, 0.3) is 0 Å². The maximum Gasteiger partial charge on any atom is 0.303 e. The fourth-order valence-electron chi connectivity index (χ4n) is 2.58. The average molecular weight is 154 g/mol. The van der Waals surface area contributed by atoms with E-state index >= 15 is 0 Å².